The van der Waals surface area contributed by atoms with Crippen molar-refractivity contribution >= 4 is 21.4 Å². The summed E-state index contributed by atoms with van der Waals surface area (Å²) in [6.45, 7) is 1.94. The van der Waals surface area contributed by atoms with E-state index in [4.69, 9.17) is 5.73 Å². The molecule has 0 spiro atoms. The molecule has 4 nitrogen and oxygen atoms in total. The summed E-state index contributed by atoms with van der Waals surface area (Å²) in [7, 11) is -3.41. The summed E-state index contributed by atoms with van der Waals surface area (Å²) in [5, 5.41) is 0. The molecule has 0 aromatic heterocycles. The van der Waals surface area contributed by atoms with E-state index in [2.05, 4.69) is 0 Å². The van der Waals surface area contributed by atoms with Crippen LogP contribution in [-0.4, -0.2) is 14.5 Å². The number of para-hydroxylation sites is 1. The fraction of sp³-hybridized carbons (Fsp3) is 0.250. The summed E-state index contributed by atoms with van der Waals surface area (Å²) in [4.78, 5) is 0. The van der Waals surface area contributed by atoms with Gasteiger partial charge in [0.1, 0.15) is 0 Å². The number of nitrogens with two attached hydrogens (primary N) is 1. The molecule has 0 bridgehead atoms. The Hall–Kier alpha value is -2.01. The van der Waals surface area contributed by atoms with Crippen molar-refractivity contribution in [3.05, 3.63) is 59.7 Å². The van der Waals surface area contributed by atoms with Crippen LogP contribution in [0.4, 0.5) is 11.4 Å². The van der Waals surface area contributed by atoms with Crippen molar-refractivity contribution in [3.63, 3.8) is 0 Å². The van der Waals surface area contributed by atoms with E-state index < -0.39 is 10.0 Å². The van der Waals surface area contributed by atoms with Gasteiger partial charge >= 0.3 is 0 Å². The molecule has 0 saturated heterocycles. The maximum Gasteiger partial charge on any atom is 0.239 e. The number of sulfonamides is 1. The molecule has 2 aromatic rings. The number of hydrogen-bond acceptors (Lipinski definition) is 3. The van der Waals surface area contributed by atoms with Gasteiger partial charge in [-0.25, -0.2) is 8.42 Å². The fourth-order valence-corrected chi connectivity index (χ4v) is 4.76. The molecule has 0 saturated carbocycles. The molecular formula is C16H18N2O2S. The number of nitrogens with zero attached hydrogens (tertiary/aromatic N) is 1. The number of benzene rings is 2. The Morgan fingerprint density at radius 1 is 1.19 bits per heavy atom. The second-order valence-electron chi connectivity index (χ2n) is 5.48. The van der Waals surface area contributed by atoms with Crippen LogP contribution >= 0.6 is 0 Å². The van der Waals surface area contributed by atoms with Crippen molar-refractivity contribution in [1.29, 1.82) is 0 Å². The third kappa shape index (κ3) is 2.61. The van der Waals surface area contributed by atoms with Crippen LogP contribution in [-0.2, 0) is 22.2 Å². The molecule has 21 heavy (non-hydrogen) atoms. The van der Waals surface area contributed by atoms with E-state index in [9.17, 15) is 8.42 Å². The first-order valence-corrected chi connectivity index (χ1v) is 8.53. The number of hydrogen-bond donors (Lipinski definition) is 1. The predicted molar refractivity (Wildman–Crippen MR) is 85.6 cm³/mol. The highest BCUT2D eigenvalue weighted by Crippen LogP contribution is 2.35. The third-order valence-electron chi connectivity index (χ3n) is 3.74. The van der Waals surface area contributed by atoms with Crippen molar-refractivity contribution in [2.45, 2.75) is 25.1 Å². The lowest BCUT2D eigenvalue weighted by Crippen LogP contribution is -2.36. The maximum atomic E-state index is 12.8. The van der Waals surface area contributed by atoms with Crippen molar-refractivity contribution in [3.8, 4) is 0 Å². The molecule has 110 valence electrons. The minimum absolute atomic E-state index is 0.0310. The number of fused-ring (bicyclic) bond motifs is 1. The van der Waals surface area contributed by atoms with Gasteiger partial charge in [-0.2, -0.15) is 0 Å². The number of rotatable bonds is 3. The van der Waals surface area contributed by atoms with Gasteiger partial charge in [-0.1, -0.05) is 30.3 Å². The Kier molecular flexibility index (Phi) is 3.37. The zero-order valence-electron chi connectivity index (χ0n) is 11.9. The van der Waals surface area contributed by atoms with Gasteiger partial charge in [0, 0.05) is 11.7 Å². The molecule has 1 aliphatic rings. The van der Waals surface area contributed by atoms with E-state index >= 15 is 0 Å². The topological polar surface area (TPSA) is 63.4 Å². The summed E-state index contributed by atoms with van der Waals surface area (Å²) in [5.74, 6) is -0.0310. The average molecular weight is 302 g/mol. The highest BCUT2D eigenvalue weighted by Gasteiger charge is 2.34. The Bertz CT molecular complexity index is 771. The van der Waals surface area contributed by atoms with Crippen LogP contribution in [0.5, 0.6) is 0 Å². The molecule has 0 fully saturated rings. The third-order valence-corrected chi connectivity index (χ3v) is 5.60. The van der Waals surface area contributed by atoms with Crippen LogP contribution in [0, 0.1) is 0 Å². The normalized spacial score (nSPS) is 17.8. The Balaban J connectivity index is 1.95. The van der Waals surface area contributed by atoms with E-state index in [0.29, 0.717) is 11.3 Å². The quantitative estimate of drug-likeness (QED) is 0.886. The highest BCUT2D eigenvalue weighted by molar-refractivity contribution is 7.92. The predicted octanol–water partition coefficient (Wildman–Crippen LogP) is 2.55. The zero-order valence-corrected chi connectivity index (χ0v) is 12.7. The molecule has 2 aromatic carbocycles. The van der Waals surface area contributed by atoms with Gasteiger partial charge in [-0.05, 0) is 42.7 Å². The molecule has 5 heteroatoms. The maximum absolute atomic E-state index is 12.8. The van der Waals surface area contributed by atoms with Crippen LogP contribution in [0.25, 0.3) is 0 Å². The first-order valence-electron chi connectivity index (χ1n) is 6.92. The van der Waals surface area contributed by atoms with Gasteiger partial charge in [0.15, 0.2) is 0 Å². The van der Waals surface area contributed by atoms with Crippen LogP contribution in [0.3, 0.4) is 0 Å². The van der Waals surface area contributed by atoms with Gasteiger partial charge in [0.2, 0.25) is 10.0 Å². The fourth-order valence-electron chi connectivity index (χ4n) is 2.92. The van der Waals surface area contributed by atoms with Crippen LogP contribution in [0.1, 0.15) is 18.1 Å². The number of anilines is 2. The highest BCUT2D eigenvalue weighted by atomic mass is 32.2. The van der Waals surface area contributed by atoms with Gasteiger partial charge in [0.25, 0.3) is 0 Å². The summed E-state index contributed by atoms with van der Waals surface area (Å²) < 4.78 is 27.1. The lowest BCUT2D eigenvalue weighted by Gasteiger charge is -2.24. The van der Waals surface area contributed by atoms with E-state index in [1.165, 1.54) is 0 Å². The number of nitrogen functional groups attached to an aromatic ring is 1. The molecule has 1 atom stereocenters. The first-order chi connectivity index (χ1) is 9.97. The van der Waals surface area contributed by atoms with Crippen molar-refractivity contribution in [1.82, 2.24) is 0 Å². The second-order valence-corrected chi connectivity index (χ2v) is 7.32. The van der Waals surface area contributed by atoms with Crippen LogP contribution in [0.2, 0.25) is 0 Å². The largest absolute Gasteiger partial charge is 0.399 e. The van der Waals surface area contributed by atoms with E-state index in [1.54, 1.807) is 28.6 Å². The standard InChI is InChI=1S/C16H18N2O2S/c1-12-9-14-6-2-3-8-16(14)18(12)21(19,20)11-13-5-4-7-15(17)10-13/h2-8,10,12H,9,11,17H2,1H3. The van der Waals surface area contributed by atoms with E-state index in [0.717, 1.165) is 17.7 Å². The molecule has 1 heterocycles. The molecule has 0 amide bonds. The molecular weight excluding hydrogens is 284 g/mol. The molecule has 1 unspecified atom stereocenters. The van der Waals surface area contributed by atoms with E-state index in [-0.39, 0.29) is 11.8 Å². The van der Waals surface area contributed by atoms with Gasteiger partial charge in [0.05, 0.1) is 11.4 Å². The lowest BCUT2D eigenvalue weighted by atomic mass is 10.1. The van der Waals surface area contributed by atoms with Gasteiger partial charge in [-0.3, -0.25) is 4.31 Å². The minimum atomic E-state index is -3.41. The second kappa shape index (κ2) is 5.07. The van der Waals surface area contributed by atoms with Crippen LogP contribution < -0.4 is 10.0 Å². The smallest absolute Gasteiger partial charge is 0.239 e. The van der Waals surface area contributed by atoms with Crippen molar-refractivity contribution < 1.29 is 8.42 Å². The minimum Gasteiger partial charge on any atom is -0.399 e. The van der Waals surface area contributed by atoms with Crippen LogP contribution in [0.15, 0.2) is 48.5 Å². The van der Waals surface area contributed by atoms with Gasteiger partial charge in [-0.15, -0.1) is 0 Å². The molecule has 2 N–H and O–H groups in total. The lowest BCUT2D eigenvalue weighted by molar-refractivity contribution is 0.583. The molecule has 0 radical (unpaired) electrons. The molecule has 0 aliphatic carbocycles. The average Bonchev–Trinajstić information content (AvgIpc) is 2.74. The summed E-state index contributed by atoms with van der Waals surface area (Å²) >= 11 is 0. The Morgan fingerprint density at radius 2 is 1.95 bits per heavy atom. The SMILES string of the molecule is CC1Cc2ccccc2N1S(=O)(=O)Cc1cccc(N)c1. The van der Waals surface area contributed by atoms with Crippen molar-refractivity contribution in [2.75, 3.05) is 10.0 Å². The Labute approximate surface area is 125 Å². The summed E-state index contributed by atoms with van der Waals surface area (Å²) in [6.07, 6.45) is 0.756. The van der Waals surface area contributed by atoms with Gasteiger partial charge < -0.3 is 5.73 Å². The molecule has 3 rings (SSSR count). The molecule has 1 aliphatic heterocycles. The monoisotopic (exact) mass is 302 g/mol. The first kappa shape index (κ1) is 13.9. The summed E-state index contributed by atoms with van der Waals surface area (Å²) in [5.41, 5.74) is 8.91. The van der Waals surface area contributed by atoms with Crippen molar-refractivity contribution in [2.24, 2.45) is 0 Å². The Morgan fingerprint density at radius 3 is 2.71 bits per heavy atom. The summed E-state index contributed by atoms with van der Waals surface area (Å²) in [6, 6.07) is 14.7. The van der Waals surface area contributed by atoms with E-state index in [1.807, 2.05) is 31.2 Å². The zero-order chi connectivity index (χ0) is 15.0.